The molecule has 1 aromatic carbocycles. The van der Waals surface area contributed by atoms with Crippen molar-refractivity contribution in [3.05, 3.63) is 35.9 Å². The number of carbonyl (C=O) groups excluding carboxylic acids is 1. The van der Waals surface area contributed by atoms with Gasteiger partial charge in [0.1, 0.15) is 0 Å². The second-order valence-corrected chi connectivity index (χ2v) is 4.73. The lowest BCUT2D eigenvalue weighted by molar-refractivity contribution is -0.152. The van der Waals surface area contributed by atoms with Gasteiger partial charge in [0.25, 0.3) is 0 Å². The molecule has 0 N–H and O–H groups in total. The third-order valence-corrected chi connectivity index (χ3v) is 2.12. The van der Waals surface area contributed by atoms with Gasteiger partial charge < -0.3 is 4.84 Å². The molecule has 4 heteroatoms. The zero-order valence-corrected chi connectivity index (χ0v) is 10.3. The molecule has 0 unspecified atom stereocenters. The summed E-state index contributed by atoms with van der Waals surface area (Å²) in [5.74, 6) is -0.415. The summed E-state index contributed by atoms with van der Waals surface area (Å²) in [6.45, 7) is 5.25. The average molecular weight is 240 g/mol. The fourth-order valence-corrected chi connectivity index (χ4v) is 1.01. The Morgan fingerprint density at radius 1 is 1.25 bits per heavy atom. The zero-order chi connectivity index (χ0) is 12.2. The Kier molecular flexibility index (Phi) is 4.07. The van der Waals surface area contributed by atoms with Crippen LogP contribution in [-0.4, -0.2) is 11.1 Å². The average Bonchev–Trinajstić information content (AvgIpc) is 2.25. The molecule has 0 heterocycles. The van der Waals surface area contributed by atoms with Gasteiger partial charge in [0, 0.05) is 5.56 Å². The van der Waals surface area contributed by atoms with E-state index >= 15 is 0 Å². The fourth-order valence-electron chi connectivity index (χ4n) is 0.847. The van der Waals surface area contributed by atoms with Crippen LogP contribution >= 0.6 is 11.6 Å². The number of hydrogen-bond acceptors (Lipinski definition) is 3. The van der Waals surface area contributed by atoms with Gasteiger partial charge in [-0.05, 0) is 20.8 Å². The normalized spacial score (nSPS) is 12.4. The second kappa shape index (κ2) is 5.12. The van der Waals surface area contributed by atoms with Crippen molar-refractivity contribution >= 4 is 22.7 Å². The molecule has 86 valence electrons. The molecule has 1 aromatic rings. The highest BCUT2D eigenvalue weighted by atomic mass is 35.5. The third-order valence-electron chi connectivity index (χ3n) is 1.83. The van der Waals surface area contributed by atoms with E-state index in [1.54, 1.807) is 32.9 Å². The smallest absolute Gasteiger partial charge is 0.316 e. The molecule has 0 aromatic heterocycles. The van der Waals surface area contributed by atoms with Crippen molar-refractivity contribution in [3.8, 4) is 0 Å². The van der Waals surface area contributed by atoms with Crippen LogP contribution < -0.4 is 0 Å². The van der Waals surface area contributed by atoms with Gasteiger partial charge in [-0.25, -0.2) is 4.79 Å². The quantitative estimate of drug-likeness (QED) is 0.452. The number of benzene rings is 1. The number of carbonyl (C=O) groups is 1. The van der Waals surface area contributed by atoms with Crippen molar-refractivity contribution in [3.63, 3.8) is 0 Å². The summed E-state index contributed by atoms with van der Waals surface area (Å²) in [5.41, 5.74) is 0.128. The third kappa shape index (κ3) is 3.66. The molecule has 0 bridgehead atoms. The Hall–Kier alpha value is -1.35. The van der Waals surface area contributed by atoms with E-state index in [-0.39, 0.29) is 5.17 Å². The fraction of sp³-hybridized carbons (Fsp3) is 0.333. The van der Waals surface area contributed by atoms with Gasteiger partial charge in [-0.2, -0.15) is 0 Å². The first-order valence-electron chi connectivity index (χ1n) is 4.91. The lowest BCUT2D eigenvalue weighted by Gasteiger charge is -2.12. The van der Waals surface area contributed by atoms with Gasteiger partial charge in [0.05, 0.1) is 5.41 Å². The SMILES string of the molecule is CC(C)(C)C(=O)O/N=C(\Cl)c1ccccc1. The number of nitrogens with zero attached hydrogens (tertiary/aromatic N) is 1. The van der Waals surface area contributed by atoms with Crippen molar-refractivity contribution in [1.29, 1.82) is 0 Å². The Labute approximate surface area is 100 Å². The Morgan fingerprint density at radius 2 is 1.81 bits per heavy atom. The van der Waals surface area contributed by atoms with Crippen molar-refractivity contribution in [2.24, 2.45) is 10.6 Å². The molecule has 3 nitrogen and oxygen atoms in total. The maximum absolute atomic E-state index is 11.4. The molecular weight excluding hydrogens is 226 g/mol. The standard InChI is InChI=1S/C12H14ClNO2/c1-12(2,3)11(15)16-14-10(13)9-7-5-4-6-8-9/h4-8H,1-3H3/b14-10-. The van der Waals surface area contributed by atoms with E-state index in [1.807, 2.05) is 18.2 Å². The van der Waals surface area contributed by atoms with E-state index in [0.717, 1.165) is 0 Å². The summed E-state index contributed by atoms with van der Waals surface area (Å²) in [6, 6.07) is 9.11. The van der Waals surface area contributed by atoms with Crippen LogP contribution in [0.5, 0.6) is 0 Å². The van der Waals surface area contributed by atoms with Gasteiger partial charge in [0.2, 0.25) is 0 Å². The minimum absolute atomic E-state index is 0.165. The Balaban J connectivity index is 2.70. The van der Waals surface area contributed by atoms with Crippen LogP contribution in [0.3, 0.4) is 0 Å². The van der Waals surface area contributed by atoms with E-state index < -0.39 is 11.4 Å². The number of rotatable bonds is 2. The Bertz CT molecular complexity index is 393. The summed E-state index contributed by atoms with van der Waals surface area (Å²) in [6.07, 6.45) is 0. The summed E-state index contributed by atoms with van der Waals surface area (Å²) in [7, 11) is 0. The highest BCUT2D eigenvalue weighted by molar-refractivity contribution is 6.69. The van der Waals surface area contributed by atoms with Crippen LogP contribution in [0.2, 0.25) is 0 Å². The first-order valence-corrected chi connectivity index (χ1v) is 5.29. The molecular formula is C12H14ClNO2. The maximum atomic E-state index is 11.4. The van der Waals surface area contributed by atoms with Crippen LogP contribution in [0.15, 0.2) is 35.5 Å². The summed E-state index contributed by atoms with van der Waals surface area (Å²) < 4.78 is 0. The minimum Gasteiger partial charge on any atom is -0.316 e. The highest BCUT2D eigenvalue weighted by Crippen LogP contribution is 2.16. The molecule has 0 spiro atoms. The van der Waals surface area contributed by atoms with Gasteiger partial charge in [-0.15, -0.1) is 0 Å². The maximum Gasteiger partial charge on any atom is 0.340 e. The van der Waals surface area contributed by atoms with Crippen LogP contribution in [0.1, 0.15) is 26.3 Å². The molecule has 0 aliphatic rings. The predicted molar refractivity (Wildman–Crippen MR) is 64.4 cm³/mol. The lowest BCUT2D eigenvalue weighted by atomic mass is 9.98. The van der Waals surface area contributed by atoms with Gasteiger partial charge in [-0.1, -0.05) is 47.1 Å². The monoisotopic (exact) mass is 239 g/mol. The second-order valence-electron chi connectivity index (χ2n) is 4.38. The number of halogens is 1. The summed E-state index contributed by atoms with van der Waals surface area (Å²) in [4.78, 5) is 16.2. The van der Waals surface area contributed by atoms with Gasteiger partial charge >= 0.3 is 5.97 Å². The van der Waals surface area contributed by atoms with Crippen LogP contribution in [0.25, 0.3) is 0 Å². The number of oxime groups is 1. The molecule has 0 fully saturated rings. The van der Waals surface area contributed by atoms with Gasteiger partial charge in [0.15, 0.2) is 5.17 Å². The summed E-state index contributed by atoms with van der Waals surface area (Å²) in [5, 5.41) is 3.76. The van der Waals surface area contributed by atoms with Crippen molar-refractivity contribution in [2.45, 2.75) is 20.8 Å². The molecule has 0 aliphatic heterocycles. The van der Waals surface area contributed by atoms with E-state index in [0.29, 0.717) is 5.56 Å². The van der Waals surface area contributed by atoms with Crippen molar-refractivity contribution in [2.75, 3.05) is 0 Å². The highest BCUT2D eigenvalue weighted by Gasteiger charge is 2.23. The van der Waals surface area contributed by atoms with E-state index in [9.17, 15) is 4.79 Å². The molecule has 16 heavy (non-hydrogen) atoms. The molecule has 0 saturated carbocycles. The molecule has 0 atom stereocenters. The van der Waals surface area contributed by atoms with Crippen LogP contribution in [-0.2, 0) is 9.63 Å². The Morgan fingerprint density at radius 3 is 2.31 bits per heavy atom. The molecule has 0 radical (unpaired) electrons. The van der Waals surface area contributed by atoms with E-state index in [2.05, 4.69) is 5.16 Å². The predicted octanol–water partition coefficient (Wildman–Crippen LogP) is 3.18. The minimum atomic E-state index is -0.586. The van der Waals surface area contributed by atoms with Crippen LogP contribution in [0.4, 0.5) is 0 Å². The largest absolute Gasteiger partial charge is 0.340 e. The topological polar surface area (TPSA) is 38.7 Å². The van der Waals surface area contributed by atoms with Crippen molar-refractivity contribution in [1.82, 2.24) is 0 Å². The van der Waals surface area contributed by atoms with Gasteiger partial charge in [-0.3, -0.25) is 0 Å². The number of hydrogen-bond donors (Lipinski definition) is 0. The summed E-state index contributed by atoms with van der Waals surface area (Å²) >= 11 is 5.87. The van der Waals surface area contributed by atoms with Crippen molar-refractivity contribution < 1.29 is 9.63 Å². The molecule has 1 rings (SSSR count). The molecule has 0 aliphatic carbocycles. The van der Waals surface area contributed by atoms with E-state index in [4.69, 9.17) is 16.4 Å². The zero-order valence-electron chi connectivity index (χ0n) is 9.53. The lowest BCUT2D eigenvalue weighted by Crippen LogP contribution is -2.21. The molecule has 0 amide bonds. The van der Waals surface area contributed by atoms with Crippen LogP contribution in [0, 0.1) is 5.41 Å². The first-order chi connectivity index (χ1) is 7.41. The first kappa shape index (κ1) is 12.7. The van der Waals surface area contributed by atoms with E-state index in [1.165, 1.54) is 0 Å². The molecule has 0 saturated heterocycles.